The Morgan fingerprint density at radius 1 is 1.00 bits per heavy atom. The normalized spacial score (nSPS) is 11.8. The molecule has 3 heteroatoms. The minimum absolute atomic E-state index is 0. The van der Waals surface area contributed by atoms with Crippen LogP contribution >= 0.6 is 11.6 Å². The van der Waals surface area contributed by atoms with Crippen LogP contribution in [0, 0.1) is 0 Å². The van der Waals surface area contributed by atoms with Crippen molar-refractivity contribution in [3.63, 3.8) is 0 Å². The van der Waals surface area contributed by atoms with E-state index in [-0.39, 0.29) is 6.15 Å². The van der Waals surface area contributed by atoms with Crippen molar-refractivity contribution in [3.8, 4) is 0 Å². The second kappa shape index (κ2) is 2.19. The highest BCUT2D eigenvalue weighted by Gasteiger charge is 2.12. The first kappa shape index (κ1) is 7.53. The van der Waals surface area contributed by atoms with Crippen molar-refractivity contribution in [2.75, 3.05) is 0 Å². The van der Waals surface area contributed by atoms with Gasteiger partial charge in [-0.1, -0.05) is 11.6 Å². The van der Waals surface area contributed by atoms with E-state index in [2.05, 4.69) is 4.99 Å². The van der Waals surface area contributed by atoms with E-state index >= 15 is 0 Å². The minimum Gasteiger partial charge on any atom is -0.344 e. The van der Waals surface area contributed by atoms with Gasteiger partial charge in [-0.15, -0.1) is 0 Å². The van der Waals surface area contributed by atoms with Gasteiger partial charge in [0.05, 0.1) is 16.1 Å². The van der Waals surface area contributed by atoms with Gasteiger partial charge in [0.25, 0.3) is 0 Å². The number of hydrogen-bond acceptors (Lipinski definition) is 2. The summed E-state index contributed by atoms with van der Waals surface area (Å²) in [7, 11) is 0. The number of benzene rings is 2. The molecule has 60 valence electrons. The average Bonchev–Trinajstić information content (AvgIpc) is 2.02. The molecule has 0 saturated heterocycles. The summed E-state index contributed by atoms with van der Waals surface area (Å²) in [6.45, 7) is 0. The van der Waals surface area contributed by atoms with Gasteiger partial charge in [-0.05, 0) is 24.3 Å². The Labute approximate surface area is 74.4 Å². The lowest BCUT2D eigenvalue weighted by atomic mass is 10.0. The third-order valence-corrected chi connectivity index (χ3v) is 2.41. The average molecular weight is 179 g/mol. The fraction of sp³-hybridized carbons (Fsp3) is 0. The van der Waals surface area contributed by atoms with Gasteiger partial charge in [0, 0.05) is 10.8 Å². The van der Waals surface area contributed by atoms with Crippen LogP contribution in [0.1, 0.15) is 0 Å². The predicted molar refractivity (Wildman–Crippen MR) is 50.4 cm³/mol. The molecule has 0 saturated carbocycles. The molecular formula is C9H7ClN2. The van der Waals surface area contributed by atoms with Gasteiger partial charge < -0.3 is 6.15 Å². The Bertz CT molecular complexity index is 505. The molecule has 0 unspecified atom stereocenters. The lowest BCUT2D eigenvalue weighted by molar-refractivity contribution is 1.32. The fourth-order valence-electron chi connectivity index (χ4n) is 1.49. The van der Waals surface area contributed by atoms with Crippen LogP contribution < -0.4 is 11.5 Å². The maximum Gasteiger partial charge on any atom is 0.0818 e. The molecule has 0 aliphatic carbocycles. The van der Waals surface area contributed by atoms with Gasteiger partial charge in [-0.2, -0.15) is 0 Å². The Morgan fingerprint density at radius 3 is 2.42 bits per heavy atom. The summed E-state index contributed by atoms with van der Waals surface area (Å²) >= 11 is 5.94. The van der Waals surface area contributed by atoms with Crippen molar-refractivity contribution in [2.24, 2.45) is 4.99 Å². The topological polar surface area (TPSA) is 47.4 Å². The van der Waals surface area contributed by atoms with Gasteiger partial charge in [-0.3, -0.25) is 0 Å². The molecule has 3 N–H and O–H groups in total. The Morgan fingerprint density at radius 2 is 1.75 bits per heavy atom. The summed E-state index contributed by atoms with van der Waals surface area (Å²) < 4.78 is 0. The molecule has 0 radical (unpaired) electrons. The molecule has 3 rings (SSSR count). The van der Waals surface area contributed by atoms with Crippen LogP contribution in [0.15, 0.2) is 29.3 Å². The molecule has 0 spiro atoms. The van der Waals surface area contributed by atoms with Crippen molar-refractivity contribution in [2.45, 2.75) is 0 Å². The zero-order valence-electron chi connectivity index (χ0n) is 6.34. The van der Waals surface area contributed by atoms with E-state index in [0.717, 1.165) is 21.5 Å². The van der Waals surface area contributed by atoms with Crippen LogP contribution in [-0.4, -0.2) is 0 Å². The minimum atomic E-state index is 0. The van der Waals surface area contributed by atoms with Crippen LogP contribution in [0.25, 0.3) is 10.8 Å². The van der Waals surface area contributed by atoms with Gasteiger partial charge in [0.15, 0.2) is 0 Å². The van der Waals surface area contributed by atoms with Crippen LogP contribution in [0.4, 0.5) is 5.69 Å². The second-order valence-corrected chi connectivity index (χ2v) is 3.09. The molecule has 12 heavy (non-hydrogen) atoms. The molecule has 2 aromatic rings. The number of halogens is 1. The zero-order chi connectivity index (χ0) is 7.42. The Kier molecular flexibility index (Phi) is 1.37. The predicted octanol–water partition coefficient (Wildman–Crippen LogP) is 2.64. The summed E-state index contributed by atoms with van der Waals surface area (Å²) in [4.78, 5) is 4.28. The largest absolute Gasteiger partial charge is 0.344 e. The van der Waals surface area contributed by atoms with E-state index in [1.165, 1.54) is 5.39 Å². The smallest absolute Gasteiger partial charge is 0.0818 e. The molecule has 1 aliphatic heterocycles. The number of nitrogens with zero attached hydrogens (tertiary/aromatic N) is 1. The van der Waals surface area contributed by atoms with Crippen molar-refractivity contribution in [3.05, 3.63) is 34.6 Å². The third kappa shape index (κ3) is 0.661. The van der Waals surface area contributed by atoms with Crippen LogP contribution in [-0.2, 0) is 0 Å². The maximum atomic E-state index is 5.94. The van der Waals surface area contributed by atoms with E-state index in [9.17, 15) is 0 Å². The lowest BCUT2D eigenvalue weighted by Gasteiger charge is -2.11. The highest BCUT2D eigenvalue weighted by molar-refractivity contribution is 6.34. The number of rotatable bonds is 0. The maximum absolute atomic E-state index is 5.94. The molecule has 1 heterocycles. The van der Waals surface area contributed by atoms with Crippen molar-refractivity contribution in [1.29, 1.82) is 0 Å². The molecular weight excluding hydrogens is 172 g/mol. The van der Waals surface area contributed by atoms with Crippen LogP contribution in [0.3, 0.4) is 0 Å². The highest BCUT2D eigenvalue weighted by Crippen LogP contribution is 2.29. The Balaban J connectivity index is 0.000000563. The molecule has 1 aliphatic rings. The summed E-state index contributed by atoms with van der Waals surface area (Å²) in [5, 5.41) is 4.17. The number of hydrogen-bond donors (Lipinski definition) is 1. The molecule has 4 bridgehead atoms. The lowest BCUT2D eigenvalue weighted by Crippen LogP contribution is -2.11. The van der Waals surface area contributed by atoms with Gasteiger partial charge in [0.1, 0.15) is 0 Å². The van der Waals surface area contributed by atoms with Crippen LogP contribution in [0.2, 0.25) is 5.02 Å². The summed E-state index contributed by atoms with van der Waals surface area (Å²) in [6, 6.07) is 7.97. The van der Waals surface area contributed by atoms with E-state index < -0.39 is 0 Å². The monoisotopic (exact) mass is 178 g/mol. The first-order valence-electron chi connectivity index (χ1n) is 3.46. The van der Waals surface area contributed by atoms with Gasteiger partial charge in [0.2, 0.25) is 0 Å². The van der Waals surface area contributed by atoms with Crippen LogP contribution in [0.5, 0.6) is 0 Å². The zero-order valence-corrected chi connectivity index (χ0v) is 7.10. The SMILES string of the molecule is Clc1ccc2c3ccc1c2n3.N. The first-order valence-corrected chi connectivity index (χ1v) is 3.84. The third-order valence-electron chi connectivity index (χ3n) is 2.08. The molecule has 0 fully saturated rings. The first-order chi connectivity index (χ1) is 5.36. The highest BCUT2D eigenvalue weighted by atomic mass is 35.5. The molecule has 0 atom stereocenters. The quantitative estimate of drug-likeness (QED) is 0.565. The van der Waals surface area contributed by atoms with Gasteiger partial charge in [-0.25, -0.2) is 4.99 Å². The van der Waals surface area contributed by atoms with E-state index in [0.29, 0.717) is 0 Å². The molecule has 2 aromatic carbocycles. The molecule has 2 nitrogen and oxygen atoms in total. The van der Waals surface area contributed by atoms with E-state index in [1.54, 1.807) is 0 Å². The summed E-state index contributed by atoms with van der Waals surface area (Å²) in [6.07, 6.45) is 0. The Hall–Kier alpha value is -1.12. The van der Waals surface area contributed by atoms with Gasteiger partial charge >= 0.3 is 0 Å². The molecule has 0 aromatic heterocycles. The van der Waals surface area contributed by atoms with Crippen molar-refractivity contribution >= 4 is 28.1 Å². The second-order valence-electron chi connectivity index (χ2n) is 2.69. The van der Waals surface area contributed by atoms with E-state index in [1.807, 2.05) is 24.3 Å². The fourth-order valence-corrected chi connectivity index (χ4v) is 1.70. The van der Waals surface area contributed by atoms with E-state index in [4.69, 9.17) is 11.6 Å². The summed E-state index contributed by atoms with van der Waals surface area (Å²) in [5.74, 6) is 0. The van der Waals surface area contributed by atoms with Crippen molar-refractivity contribution in [1.82, 2.24) is 6.15 Å². The van der Waals surface area contributed by atoms with Crippen molar-refractivity contribution < 1.29 is 0 Å². The standard InChI is InChI=1S/C9H4ClN.H3N/c10-7-3-1-6-8-4-2-5(7)9(6)11-8;/h1-4H;1H3. The molecule has 0 amide bonds. The summed E-state index contributed by atoms with van der Waals surface area (Å²) in [5.41, 5.74) is 1.09.